The average molecular weight is 1060 g/mol. The predicted molar refractivity (Wildman–Crippen MR) is 297 cm³/mol. The minimum Gasteiger partial charge on any atom is -0.466 e. The van der Waals surface area contributed by atoms with Crippen molar-refractivity contribution in [2.75, 3.05) is 24.0 Å². The number of esters is 2. The summed E-state index contributed by atoms with van der Waals surface area (Å²) in [5.41, 5.74) is 5.15. The van der Waals surface area contributed by atoms with Gasteiger partial charge in [-0.25, -0.2) is 37.8 Å². The summed E-state index contributed by atoms with van der Waals surface area (Å²) >= 11 is 0. The van der Waals surface area contributed by atoms with Crippen LogP contribution in [0.4, 0.5) is 29.7 Å². The summed E-state index contributed by atoms with van der Waals surface area (Å²) in [4.78, 5) is 81.8. The van der Waals surface area contributed by atoms with E-state index in [0.29, 0.717) is 55.9 Å². The molecule has 0 saturated heterocycles. The van der Waals surface area contributed by atoms with Gasteiger partial charge >= 0.3 is 24.1 Å². The molecular formula is C64H60F2N2O10. The lowest BCUT2D eigenvalue weighted by Gasteiger charge is -2.24. The van der Waals surface area contributed by atoms with Crippen LogP contribution in [-0.4, -0.2) is 61.4 Å². The molecule has 2 aliphatic heterocycles. The van der Waals surface area contributed by atoms with Gasteiger partial charge in [-0.05, 0) is 124 Å². The van der Waals surface area contributed by atoms with Crippen LogP contribution < -0.4 is 9.80 Å². The summed E-state index contributed by atoms with van der Waals surface area (Å²) < 4.78 is 48.6. The number of carbonyl (C=O) groups excluding carboxylic acids is 6. The Labute approximate surface area is 452 Å². The van der Waals surface area contributed by atoms with Gasteiger partial charge in [-0.3, -0.25) is 9.59 Å². The molecule has 0 N–H and O–H groups in total. The van der Waals surface area contributed by atoms with Crippen molar-refractivity contribution in [2.24, 2.45) is 0 Å². The van der Waals surface area contributed by atoms with E-state index in [1.165, 1.54) is 38.5 Å². The molecule has 0 unspecified atom stereocenters. The van der Waals surface area contributed by atoms with Crippen LogP contribution in [0.3, 0.4) is 0 Å². The van der Waals surface area contributed by atoms with Crippen LogP contribution in [0.5, 0.6) is 0 Å². The Morgan fingerprint density at radius 3 is 1.09 bits per heavy atom. The maximum absolute atomic E-state index is 14.0. The molecule has 78 heavy (non-hydrogen) atoms. The number of imide groups is 2. The van der Waals surface area contributed by atoms with Gasteiger partial charge in [0.1, 0.15) is 22.8 Å². The molecule has 12 nitrogen and oxygen atoms in total. The third-order valence-corrected chi connectivity index (χ3v) is 12.8. The Morgan fingerprint density at radius 2 is 0.782 bits per heavy atom. The molecule has 0 aliphatic carbocycles. The highest BCUT2D eigenvalue weighted by Gasteiger charge is 2.43. The maximum atomic E-state index is 14.0. The molecular weight excluding hydrogens is 995 g/mol. The fourth-order valence-corrected chi connectivity index (χ4v) is 9.23. The maximum Gasteiger partial charge on any atom is 0.422 e. The molecule has 8 rings (SSSR count). The lowest BCUT2D eigenvalue weighted by molar-refractivity contribution is -0.137. The van der Waals surface area contributed by atoms with Gasteiger partial charge in [-0.2, -0.15) is 0 Å². The number of allylic oxidation sites excluding steroid dienone is 2. The summed E-state index contributed by atoms with van der Waals surface area (Å²) in [5, 5.41) is 0. The first-order chi connectivity index (χ1) is 37.0. The van der Waals surface area contributed by atoms with Gasteiger partial charge in [0.2, 0.25) is 0 Å². The number of hydrogen-bond donors (Lipinski definition) is 0. The van der Waals surface area contributed by atoms with Crippen LogP contribution in [0, 0.1) is 11.6 Å². The van der Waals surface area contributed by atoms with E-state index >= 15 is 0 Å². The minimum absolute atomic E-state index is 0.154. The number of para-hydroxylation sites is 2. The molecule has 0 spiro atoms. The van der Waals surface area contributed by atoms with Gasteiger partial charge in [-0.15, -0.1) is 0 Å². The van der Waals surface area contributed by atoms with E-state index in [4.69, 9.17) is 18.9 Å². The number of ether oxygens (including phenoxy) is 4. The predicted octanol–water partition coefficient (Wildman–Crippen LogP) is 13.8. The summed E-state index contributed by atoms with van der Waals surface area (Å²) in [6.07, 6.45) is -1.25. The fraction of sp³-hybridized carbons (Fsp3) is 0.219. The number of nitrogens with zero attached hydrogens (tertiary/aromatic N) is 2. The van der Waals surface area contributed by atoms with Gasteiger partial charge in [0.15, 0.2) is 0 Å². The third-order valence-electron chi connectivity index (χ3n) is 12.8. The first-order valence-electron chi connectivity index (χ1n) is 25.0. The van der Waals surface area contributed by atoms with Gasteiger partial charge in [0.05, 0.1) is 36.7 Å². The SMILES string of the molecule is C=C(C(=O)OC)[C@H](C/C(=C1\C(=O)N(C(=O)OC(C)(C)C)c2ccccc21)c1ccccc1)c1ccc(F)cc1.C=C(C(=O)OC)[C@H](C/C(=C1\C(=O)N(C(=O)OC(C)(C)C)c2ccccc21)c1ccccc1)c1ccc(F)cc1. The molecule has 0 fully saturated rings. The van der Waals surface area contributed by atoms with E-state index in [0.717, 1.165) is 20.9 Å². The highest BCUT2D eigenvalue weighted by atomic mass is 19.1. The number of fused-ring (bicyclic) bond motifs is 2. The monoisotopic (exact) mass is 1050 g/mol. The number of rotatable bonds is 12. The Hall–Kier alpha value is -9.04. The Morgan fingerprint density at radius 1 is 0.474 bits per heavy atom. The van der Waals surface area contributed by atoms with Gasteiger partial charge < -0.3 is 18.9 Å². The van der Waals surface area contributed by atoms with E-state index in [-0.39, 0.29) is 24.0 Å². The van der Waals surface area contributed by atoms with Crippen LogP contribution in [-0.2, 0) is 38.1 Å². The molecule has 6 aromatic carbocycles. The lowest BCUT2D eigenvalue weighted by Crippen LogP contribution is -2.38. The number of anilines is 2. The second-order valence-electron chi connectivity index (χ2n) is 20.4. The zero-order valence-electron chi connectivity index (χ0n) is 44.7. The summed E-state index contributed by atoms with van der Waals surface area (Å²) in [7, 11) is 2.53. The zero-order valence-corrected chi connectivity index (χ0v) is 44.7. The molecule has 400 valence electrons. The first kappa shape index (κ1) is 56.7. The number of halogens is 2. The van der Waals surface area contributed by atoms with Crippen molar-refractivity contribution in [3.8, 4) is 0 Å². The Bertz CT molecular complexity index is 3130. The molecule has 2 aliphatic rings. The third kappa shape index (κ3) is 12.8. The van der Waals surface area contributed by atoms with Crippen molar-refractivity contribution in [3.05, 3.63) is 227 Å². The molecule has 14 heteroatoms. The second kappa shape index (κ2) is 23.9. The number of amides is 4. The van der Waals surface area contributed by atoms with E-state index in [1.54, 1.807) is 114 Å². The number of carbonyl (C=O) groups is 6. The van der Waals surface area contributed by atoms with Crippen molar-refractivity contribution in [1.82, 2.24) is 0 Å². The molecule has 6 aromatic rings. The Balaban J connectivity index is 0.000000226. The highest BCUT2D eigenvalue weighted by molar-refractivity contribution is 6.44. The van der Waals surface area contributed by atoms with Crippen LogP contribution in [0.1, 0.15) is 99.6 Å². The van der Waals surface area contributed by atoms with E-state index in [9.17, 15) is 37.5 Å². The molecule has 2 atom stereocenters. The van der Waals surface area contributed by atoms with Gasteiger partial charge in [0.25, 0.3) is 11.8 Å². The summed E-state index contributed by atoms with van der Waals surface area (Å²) in [6, 6.07) is 44.1. The topological polar surface area (TPSA) is 146 Å². The van der Waals surface area contributed by atoms with E-state index < -0.39 is 70.6 Å². The van der Waals surface area contributed by atoms with Crippen LogP contribution in [0.2, 0.25) is 0 Å². The number of methoxy groups -OCH3 is 2. The molecule has 2 heterocycles. The molecule has 0 radical (unpaired) electrons. The minimum atomic E-state index is -0.813. The van der Waals surface area contributed by atoms with Gasteiger partial charge in [0, 0.05) is 34.1 Å². The van der Waals surface area contributed by atoms with Crippen molar-refractivity contribution < 1.29 is 56.5 Å². The molecule has 0 bridgehead atoms. The van der Waals surface area contributed by atoms with Crippen molar-refractivity contribution in [1.29, 1.82) is 0 Å². The fourth-order valence-electron chi connectivity index (χ4n) is 9.23. The van der Waals surface area contributed by atoms with Crippen molar-refractivity contribution >= 4 is 69.6 Å². The van der Waals surface area contributed by atoms with Crippen molar-refractivity contribution in [2.45, 2.75) is 77.4 Å². The summed E-state index contributed by atoms with van der Waals surface area (Å²) in [6.45, 7) is 18.4. The summed E-state index contributed by atoms with van der Waals surface area (Å²) in [5.74, 6) is -4.43. The molecule has 0 saturated carbocycles. The van der Waals surface area contributed by atoms with Crippen LogP contribution in [0.15, 0.2) is 182 Å². The van der Waals surface area contributed by atoms with E-state index in [1.807, 2.05) is 60.7 Å². The molecule has 4 amide bonds. The first-order valence-corrected chi connectivity index (χ1v) is 25.0. The second-order valence-corrected chi connectivity index (χ2v) is 20.4. The van der Waals surface area contributed by atoms with E-state index in [2.05, 4.69) is 13.2 Å². The quantitative estimate of drug-likeness (QED) is 0.0659. The van der Waals surface area contributed by atoms with Crippen LogP contribution in [0.25, 0.3) is 22.3 Å². The normalized spacial score (nSPS) is 14.9. The number of benzene rings is 6. The lowest BCUT2D eigenvalue weighted by atomic mass is 9.81. The van der Waals surface area contributed by atoms with Crippen LogP contribution >= 0.6 is 0 Å². The standard InChI is InChI=1S/2C32H30FNO5/c2*1-20(30(36)38-5)25(22-15-17-23(33)18-16-22)19-26(21-11-7-6-8-12-21)28-24-13-9-10-14-27(24)34(29(28)35)31(37)39-32(2,3)4/h2*6-18,25H,1,19H2,2-5H3/b2*28-26+/t2*25-/m00/s1. The molecule has 0 aromatic heterocycles. The van der Waals surface area contributed by atoms with Crippen molar-refractivity contribution in [3.63, 3.8) is 0 Å². The Kier molecular flexibility index (Phi) is 17.4. The zero-order chi connectivity index (χ0) is 56.6. The smallest absolute Gasteiger partial charge is 0.422 e. The highest BCUT2D eigenvalue weighted by Crippen LogP contribution is 2.47. The largest absolute Gasteiger partial charge is 0.466 e. The van der Waals surface area contributed by atoms with Gasteiger partial charge in [-0.1, -0.05) is 134 Å². The number of hydrogen-bond acceptors (Lipinski definition) is 10. The average Bonchev–Trinajstić information content (AvgIpc) is 4.01.